The maximum Gasteiger partial charge on any atom is 0.322 e. The predicted molar refractivity (Wildman–Crippen MR) is 99.5 cm³/mol. The van der Waals surface area contributed by atoms with Crippen LogP contribution in [0.5, 0.6) is 0 Å². The van der Waals surface area contributed by atoms with Gasteiger partial charge in [0.2, 0.25) is 0 Å². The molecule has 2 amide bonds. The lowest BCUT2D eigenvalue weighted by molar-refractivity contribution is 0.214. The first kappa shape index (κ1) is 17.1. The lowest BCUT2D eigenvalue weighted by atomic mass is 10.1. The molecule has 3 rings (SSSR count). The average molecular weight is 340 g/mol. The lowest BCUT2D eigenvalue weighted by Crippen LogP contribution is -2.34. The fourth-order valence-electron chi connectivity index (χ4n) is 2.91. The van der Waals surface area contributed by atoms with E-state index in [1.165, 1.54) is 0 Å². The SMILES string of the molecule is CCCO/C(C)=C/C=C(\C)C1CNC(=O)N1c1ccc2nc[nH]c2c1. The van der Waals surface area contributed by atoms with E-state index in [0.717, 1.165) is 41.1 Å². The lowest BCUT2D eigenvalue weighted by Gasteiger charge is -2.24. The van der Waals surface area contributed by atoms with E-state index < -0.39 is 0 Å². The number of ether oxygens (including phenoxy) is 1. The number of benzene rings is 1. The summed E-state index contributed by atoms with van der Waals surface area (Å²) in [7, 11) is 0. The highest BCUT2D eigenvalue weighted by Gasteiger charge is 2.32. The molecule has 0 saturated carbocycles. The van der Waals surface area contributed by atoms with Crippen molar-refractivity contribution >= 4 is 22.8 Å². The molecule has 2 N–H and O–H groups in total. The highest BCUT2D eigenvalue weighted by Crippen LogP contribution is 2.27. The van der Waals surface area contributed by atoms with Crippen LogP contribution in [0.3, 0.4) is 0 Å². The number of carbonyl (C=O) groups excluding carboxylic acids is 1. The largest absolute Gasteiger partial charge is 0.498 e. The number of fused-ring (bicyclic) bond motifs is 1. The van der Waals surface area contributed by atoms with Crippen molar-refractivity contribution in [2.45, 2.75) is 33.2 Å². The standard InChI is InChI=1S/C19H24N4O2/c1-4-9-25-14(3)6-5-13(2)18-11-20-19(24)23(18)15-7-8-16-17(10-15)22-12-21-16/h5-8,10,12,18H,4,9,11H2,1-3H3,(H,20,24)(H,21,22)/b13-5+,14-6+. The van der Waals surface area contributed by atoms with E-state index in [4.69, 9.17) is 4.74 Å². The maximum absolute atomic E-state index is 12.4. The van der Waals surface area contributed by atoms with E-state index in [2.05, 4.69) is 22.2 Å². The van der Waals surface area contributed by atoms with Gasteiger partial charge in [0, 0.05) is 12.2 Å². The summed E-state index contributed by atoms with van der Waals surface area (Å²) in [5.74, 6) is 0.879. The van der Waals surface area contributed by atoms with Crippen molar-refractivity contribution < 1.29 is 9.53 Å². The first-order valence-electron chi connectivity index (χ1n) is 8.58. The Labute approximate surface area is 147 Å². The van der Waals surface area contributed by atoms with Crippen LogP contribution < -0.4 is 10.2 Å². The quantitative estimate of drug-likeness (QED) is 0.622. The number of nitrogens with zero attached hydrogens (tertiary/aromatic N) is 2. The molecule has 2 aromatic rings. The van der Waals surface area contributed by atoms with Crippen molar-refractivity contribution in [2.24, 2.45) is 0 Å². The van der Waals surface area contributed by atoms with Crippen LogP contribution in [0, 0.1) is 0 Å². The molecule has 0 bridgehead atoms. The molecule has 132 valence electrons. The highest BCUT2D eigenvalue weighted by molar-refractivity contribution is 5.97. The van der Waals surface area contributed by atoms with Crippen molar-refractivity contribution in [1.29, 1.82) is 0 Å². The number of nitrogens with one attached hydrogen (secondary N) is 2. The summed E-state index contributed by atoms with van der Waals surface area (Å²) in [5, 5.41) is 2.93. The highest BCUT2D eigenvalue weighted by atomic mass is 16.5. The fraction of sp³-hybridized carbons (Fsp3) is 0.368. The van der Waals surface area contributed by atoms with Gasteiger partial charge in [-0.2, -0.15) is 0 Å². The first-order chi connectivity index (χ1) is 12.1. The monoisotopic (exact) mass is 340 g/mol. The van der Waals surface area contributed by atoms with Crippen molar-refractivity contribution in [1.82, 2.24) is 15.3 Å². The number of aromatic nitrogens is 2. The van der Waals surface area contributed by atoms with Gasteiger partial charge < -0.3 is 15.0 Å². The molecule has 6 nitrogen and oxygen atoms in total. The number of carbonyl (C=O) groups is 1. The molecule has 1 aromatic carbocycles. The molecule has 1 atom stereocenters. The van der Waals surface area contributed by atoms with Crippen LogP contribution in [0.25, 0.3) is 11.0 Å². The van der Waals surface area contributed by atoms with Crippen LogP contribution in [0.4, 0.5) is 10.5 Å². The molecule has 1 aliphatic heterocycles. The van der Waals surface area contributed by atoms with E-state index in [1.54, 1.807) is 11.2 Å². The van der Waals surface area contributed by atoms with Crippen LogP contribution in [-0.2, 0) is 4.74 Å². The third kappa shape index (κ3) is 3.68. The minimum absolute atomic E-state index is 0.0249. The van der Waals surface area contributed by atoms with Gasteiger partial charge in [0.1, 0.15) is 0 Å². The molecule has 25 heavy (non-hydrogen) atoms. The second kappa shape index (κ2) is 7.42. The van der Waals surface area contributed by atoms with E-state index in [-0.39, 0.29) is 12.1 Å². The van der Waals surface area contributed by atoms with Crippen LogP contribution in [0.15, 0.2) is 48.0 Å². The number of H-pyrrole nitrogens is 1. The summed E-state index contributed by atoms with van der Waals surface area (Å²) >= 11 is 0. The zero-order valence-corrected chi connectivity index (χ0v) is 14.9. The third-order valence-electron chi connectivity index (χ3n) is 4.30. The second-order valence-electron chi connectivity index (χ2n) is 6.21. The third-order valence-corrected chi connectivity index (χ3v) is 4.30. The van der Waals surface area contributed by atoms with Gasteiger partial charge in [-0.25, -0.2) is 9.78 Å². The minimum Gasteiger partial charge on any atom is -0.498 e. The number of hydrogen-bond donors (Lipinski definition) is 2. The van der Waals surface area contributed by atoms with Gasteiger partial charge in [0.05, 0.1) is 35.8 Å². The molecular formula is C19H24N4O2. The smallest absolute Gasteiger partial charge is 0.322 e. The predicted octanol–water partition coefficient (Wildman–Crippen LogP) is 3.74. The summed E-state index contributed by atoms with van der Waals surface area (Å²) < 4.78 is 5.59. The van der Waals surface area contributed by atoms with E-state index in [0.29, 0.717) is 6.54 Å². The Morgan fingerprint density at radius 3 is 3.04 bits per heavy atom. The normalized spacial score (nSPS) is 18.8. The topological polar surface area (TPSA) is 70.2 Å². The Bertz CT molecular complexity index is 822. The van der Waals surface area contributed by atoms with Gasteiger partial charge in [-0.1, -0.05) is 13.0 Å². The number of anilines is 1. The molecule has 1 unspecified atom stereocenters. The summed E-state index contributed by atoms with van der Waals surface area (Å²) in [6.07, 6.45) is 6.63. The van der Waals surface area contributed by atoms with Crippen molar-refractivity contribution in [2.75, 3.05) is 18.1 Å². The van der Waals surface area contributed by atoms with Gasteiger partial charge in [0.15, 0.2) is 0 Å². The number of aromatic amines is 1. The second-order valence-corrected chi connectivity index (χ2v) is 6.21. The van der Waals surface area contributed by atoms with Crippen LogP contribution >= 0.6 is 0 Å². The van der Waals surface area contributed by atoms with Gasteiger partial charge in [-0.05, 0) is 50.1 Å². The van der Waals surface area contributed by atoms with Gasteiger partial charge in [-0.3, -0.25) is 4.90 Å². The Morgan fingerprint density at radius 2 is 2.24 bits per heavy atom. The summed E-state index contributed by atoms with van der Waals surface area (Å²) in [5.41, 5.74) is 3.76. The fourth-order valence-corrected chi connectivity index (χ4v) is 2.91. The summed E-state index contributed by atoms with van der Waals surface area (Å²) in [4.78, 5) is 21.5. The number of amides is 2. The van der Waals surface area contributed by atoms with Gasteiger partial charge in [0.25, 0.3) is 0 Å². The number of urea groups is 1. The Kier molecular flexibility index (Phi) is 5.07. The Morgan fingerprint density at radius 1 is 1.40 bits per heavy atom. The molecule has 0 aliphatic carbocycles. The molecule has 1 fully saturated rings. The number of hydrogen-bond acceptors (Lipinski definition) is 3. The van der Waals surface area contributed by atoms with E-state index >= 15 is 0 Å². The summed E-state index contributed by atoms with van der Waals surface area (Å²) in [6.45, 7) is 7.37. The molecule has 0 radical (unpaired) electrons. The summed E-state index contributed by atoms with van der Waals surface area (Å²) in [6, 6.07) is 5.70. The Balaban J connectivity index is 1.83. The molecular weight excluding hydrogens is 316 g/mol. The van der Waals surface area contributed by atoms with E-state index in [9.17, 15) is 4.79 Å². The van der Waals surface area contributed by atoms with Crippen molar-refractivity contribution in [3.05, 3.63) is 48.0 Å². The van der Waals surface area contributed by atoms with Crippen LogP contribution in [0.2, 0.25) is 0 Å². The minimum atomic E-state index is -0.0838. The molecule has 1 saturated heterocycles. The number of rotatable bonds is 6. The number of allylic oxidation sites excluding steroid dienone is 3. The molecule has 1 aliphatic rings. The molecule has 1 aromatic heterocycles. The van der Waals surface area contributed by atoms with Crippen LogP contribution in [0.1, 0.15) is 27.2 Å². The van der Waals surface area contributed by atoms with Gasteiger partial charge >= 0.3 is 6.03 Å². The van der Waals surface area contributed by atoms with Crippen molar-refractivity contribution in [3.8, 4) is 0 Å². The Hall–Kier alpha value is -2.76. The van der Waals surface area contributed by atoms with Crippen LogP contribution in [-0.4, -0.2) is 35.2 Å². The average Bonchev–Trinajstić information content (AvgIpc) is 3.23. The number of imidazole rings is 1. The zero-order chi connectivity index (χ0) is 17.8. The maximum atomic E-state index is 12.4. The molecule has 2 heterocycles. The van der Waals surface area contributed by atoms with Crippen molar-refractivity contribution in [3.63, 3.8) is 0 Å². The molecule has 0 spiro atoms. The van der Waals surface area contributed by atoms with Gasteiger partial charge in [-0.15, -0.1) is 0 Å². The first-order valence-corrected chi connectivity index (χ1v) is 8.58. The van der Waals surface area contributed by atoms with E-state index in [1.807, 2.05) is 44.2 Å². The zero-order valence-electron chi connectivity index (χ0n) is 14.9. The molecule has 6 heteroatoms.